The molecule has 2 aromatic rings. The molecule has 6 nitrogen and oxygen atoms in total. The summed E-state index contributed by atoms with van der Waals surface area (Å²) in [5, 5.41) is 2.38. The third-order valence-electron chi connectivity index (χ3n) is 2.37. The van der Waals surface area contributed by atoms with Crippen molar-refractivity contribution in [2.75, 3.05) is 11.6 Å². The Morgan fingerprint density at radius 2 is 2.00 bits per heavy atom. The maximum absolute atomic E-state index is 14.0. The maximum atomic E-state index is 14.0. The van der Waals surface area contributed by atoms with Crippen molar-refractivity contribution in [2.24, 2.45) is 0 Å². The van der Waals surface area contributed by atoms with Crippen molar-refractivity contribution < 1.29 is 17.2 Å². The summed E-state index contributed by atoms with van der Waals surface area (Å²) in [5.74, 6) is -2.30. The average molecular weight is 301 g/mol. The van der Waals surface area contributed by atoms with Crippen LogP contribution in [0.3, 0.4) is 0 Å². The van der Waals surface area contributed by atoms with Crippen LogP contribution in [0.15, 0.2) is 34.1 Å². The molecule has 0 aliphatic rings. The summed E-state index contributed by atoms with van der Waals surface area (Å²) in [7, 11) is -3.73. The number of halogens is 2. The van der Waals surface area contributed by atoms with Crippen LogP contribution in [-0.4, -0.2) is 24.6 Å². The van der Waals surface area contributed by atoms with E-state index in [-0.39, 0.29) is 11.6 Å². The number of aromatic nitrogens is 2. The zero-order valence-electron chi connectivity index (χ0n) is 10.1. The first-order valence-electron chi connectivity index (χ1n) is 5.29. The molecule has 0 amide bonds. The first-order valence-corrected chi connectivity index (χ1v) is 7.18. The summed E-state index contributed by atoms with van der Waals surface area (Å²) in [4.78, 5) is 16.1. The maximum Gasteiger partial charge on any atom is 0.288 e. The zero-order chi connectivity index (χ0) is 14.9. The van der Waals surface area contributed by atoms with Gasteiger partial charge >= 0.3 is 0 Å². The molecule has 1 aromatic carbocycles. The van der Waals surface area contributed by atoms with Crippen LogP contribution in [0.2, 0.25) is 0 Å². The minimum atomic E-state index is -3.73. The molecular formula is C11H9F2N3O3S. The lowest BCUT2D eigenvalue weighted by Gasteiger charge is -2.08. The topological polar surface area (TPSA) is 91.9 Å². The molecular weight excluding hydrogens is 292 g/mol. The van der Waals surface area contributed by atoms with E-state index in [9.17, 15) is 22.0 Å². The van der Waals surface area contributed by atoms with Gasteiger partial charge in [0.15, 0.2) is 15.7 Å². The molecule has 0 unspecified atom stereocenters. The summed E-state index contributed by atoms with van der Waals surface area (Å²) in [6, 6.07) is 3.69. The molecule has 2 N–H and O–H groups in total. The number of nitrogens with one attached hydrogen (secondary N) is 2. The van der Waals surface area contributed by atoms with Gasteiger partial charge in [-0.1, -0.05) is 6.07 Å². The molecule has 0 aliphatic heterocycles. The molecule has 1 aromatic heterocycles. The van der Waals surface area contributed by atoms with Gasteiger partial charge in [-0.3, -0.25) is 9.78 Å². The van der Waals surface area contributed by atoms with E-state index in [0.717, 1.165) is 12.3 Å². The van der Waals surface area contributed by atoms with E-state index >= 15 is 0 Å². The number of hydrogen-bond acceptors (Lipinski definition) is 5. The largest absolute Gasteiger partial charge is 0.323 e. The van der Waals surface area contributed by atoms with Crippen molar-refractivity contribution in [3.8, 4) is 0 Å². The van der Waals surface area contributed by atoms with Crippen molar-refractivity contribution in [2.45, 2.75) is 4.90 Å². The van der Waals surface area contributed by atoms with Crippen LogP contribution in [0.4, 0.5) is 20.4 Å². The minimum absolute atomic E-state index is 0.206. The lowest BCUT2D eigenvalue weighted by molar-refractivity contribution is 0.573. The van der Waals surface area contributed by atoms with Crippen LogP contribution in [-0.2, 0) is 9.84 Å². The predicted octanol–water partition coefficient (Wildman–Crippen LogP) is 1.20. The highest BCUT2D eigenvalue weighted by molar-refractivity contribution is 7.90. The number of hydrogen-bond donors (Lipinski definition) is 2. The number of aromatic amines is 1. The third-order valence-corrected chi connectivity index (χ3v) is 3.49. The second kappa shape index (κ2) is 5.00. The Labute approximate surface area is 112 Å². The lowest BCUT2D eigenvalue weighted by Crippen LogP contribution is -2.14. The van der Waals surface area contributed by atoms with Gasteiger partial charge in [-0.15, -0.1) is 0 Å². The fraction of sp³-hybridized carbons (Fsp3) is 0.0909. The smallest absolute Gasteiger partial charge is 0.288 e. The van der Waals surface area contributed by atoms with Crippen molar-refractivity contribution in [1.82, 2.24) is 9.97 Å². The Balaban J connectivity index is 2.44. The van der Waals surface area contributed by atoms with Gasteiger partial charge in [-0.05, 0) is 12.1 Å². The number of benzene rings is 1. The molecule has 0 bridgehead atoms. The quantitative estimate of drug-likeness (QED) is 0.888. The van der Waals surface area contributed by atoms with E-state index in [1.165, 1.54) is 12.1 Å². The summed E-state index contributed by atoms with van der Waals surface area (Å²) < 4.78 is 49.5. The van der Waals surface area contributed by atoms with Crippen LogP contribution in [0.25, 0.3) is 0 Å². The number of sulfone groups is 1. The van der Waals surface area contributed by atoms with Gasteiger partial charge in [-0.25, -0.2) is 17.8 Å². The van der Waals surface area contributed by atoms with Gasteiger partial charge in [-0.2, -0.15) is 4.39 Å². The van der Waals surface area contributed by atoms with Crippen LogP contribution in [0.5, 0.6) is 0 Å². The monoisotopic (exact) mass is 301 g/mol. The molecule has 9 heteroatoms. The number of nitrogens with zero attached hydrogens (tertiary/aromatic N) is 1. The Morgan fingerprint density at radius 3 is 2.60 bits per heavy atom. The van der Waals surface area contributed by atoms with Crippen LogP contribution in [0.1, 0.15) is 0 Å². The van der Waals surface area contributed by atoms with Gasteiger partial charge in [0.1, 0.15) is 4.90 Å². The Morgan fingerprint density at radius 1 is 1.30 bits per heavy atom. The molecule has 2 rings (SSSR count). The van der Waals surface area contributed by atoms with Crippen LogP contribution < -0.4 is 10.9 Å². The molecule has 0 spiro atoms. The standard InChI is InChI=1S/C11H9F2N3O3S/c1-20(18,19)8-4-2-3-7(9(8)13)15-11-14-5-6(12)10(17)16-11/h2-5H,1H3,(H2,14,15,16,17). The van der Waals surface area contributed by atoms with E-state index in [4.69, 9.17) is 0 Å². The normalized spacial score (nSPS) is 11.3. The fourth-order valence-electron chi connectivity index (χ4n) is 1.46. The van der Waals surface area contributed by atoms with Crippen LogP contribution in [0, 0.1) is 11.6 Å². The van der Waals surface area contributed by atoms with Gasteiger partial charge in [0.25, 0.3) is 5.56 Å². The van der Waals surface area contributed by atoms with Gasteiger partial charge in [0, 0.05) is 6.26 Å². The van der Waals surface area contributed by atoms with Gasteiger partial charge < -0.3 is 5.32 Å². The molecule has 106 valence electrons. The summed E-state index contributed by atoms with van der Waals surface area (Å²) in [6.07, 6.45) is 1.53. The Kier molecular flexibility index (Phi) is 3.53. The molecule has 0 aliphatic carbocycles. The molecule has 20 heavy (non-hydrogen) atoms. The van der Waals surface area contributed by atoms with Gasteiger partial charge in [0.05, 0.1) is 11.9 Å². The number of anilines is 2. The summed E-state index contributed by atoms with van der Waals surface area (Å²) in [6.45, 7) is 0. The van der Waals surface area contributed by atoms with Crippen molar-refractivity contribution >= 4 is 21.5 Å². The highest BCUT2D eigenvalue weighted by Crippen LogP contribution is 2.23. The van der Waals surface area contributed by atoms with Crippen LogP contribution >= 0.6 is 0 Å². The molecule has 0 saturated heterocycles. The zero-order valence-corrected chi connectivity index (χ0v) is 11.0. The molecule has 1 heterocycles. The minimum Gasteiger partial charge on any atom is -0.323 e. The first kappa shape index (κ1) is 14.1. The third kappa shape index (κ3) is 2.82. The summed E-state index contributed by atoms with van der Waals surface area (Å²) >= 11 is 0. The highest BCUT2D eigenvalue weighted by Gasteiger charge is 2.17. The lowest BCUT2D eigenvalue weighted by atomic mass is 10.3. The van der Waals surface area contributed by atoms with E-state index < -0.39 is 31.9 Å². The van der Waals surface area contributed by atoms with Crippen molar-refractivity contribution in [3.63, 3.8) is 0 Å². The second-order valence-corrected chi connectivity index (χ2v) is 5.91. The Bertz CT molecular complexity index is 818. The molecule has 0 fully saturated rings. The van der Waals surface area contributed by atoms with Crippen molar-refractivity contribution in [1.29, 1.82) is 0 Å². The SMILES string of the molecule is CS(=O)(=O)c1cccc(Nc2ncc(F)c(=O)[nH]2)c1F. The molecule has 0 atom stereocenters. The highest BCUT2D eigenvalue weighted by atomic mass is 32.2. The summed E-state index contributed by atoms with van der Waals surface area (Å²) in [5.41, 5.74) is -1.23. The fourth-order valence-corrected chi connectivity index (χ4v) is 2.23. The second-order valence-electron chi connectivity index (χ2n) is 3.92. The number of rotatable bonds is 3. The van der Waals surface area contributed by atoms with E-state index in [1.54, 1.807) is 0 Å². The van der Waals surface area contributed by atoms with E-state index in [0.29, 0.717) is 6.20 Å². The van der Waals surface area contributed by atoms with E-state index in [2.05, 4.69) is 10.3 Å². The van der Waals surface area contributed by atoms with Gasteiger partial charge in [0.2, 0.25) is 11.8 Å². The van der Waals surface area contributed by atoms with Crippen molar-refractivity contribution in [3.05, 3.63) is 46.4 Å². The Hall–Kier alpha value is -2.29. The molecule has 0 radical (unpaired) electrons. The molecule has 0 saturated carbocycles. The predicted molar refractivity (Wildman–Crippen MR) is 67.6 cm³/mol. The first-order chi connectivity index (χ1) is 9.29. The van der Waals surface area contributed by atoms with E-state index in [1.807, 2.05) is 4.98 Å². The average Bonchev–Trinajstić information content (AvgIpc) is 2.35. The number of H-pyrrole nitrogens is 1.